The van der Waals surface area contributed by atoms with Crippen molar-refractivity contribution < 1.29 is 0 Å². The Morgan fingerprint density at radius 3 is 2.42 bits per heavy atom. The van der Waals surface area contributed by atoms with Gasteiger partial charge < -0.3 is 4.99 Å². The van der Waals surface area contributed by atoms with Gasteiger partial charge in [-0.1, -0.05) is 26.6 Å². The Balaban J connectivity index is 3.46. The second-order valence-electron chi connectivity index (χ2n) is 4.13. The molecule has 1 atom stereocenters. The topological polar surface area (TPSA) is 12.4 Å². The standard InChI is InChI=1S/C9H21NSSi/c1-9(7-6-8-10-2)11-12(3,4)5/h9H,2,6-8H2,1,3-5H3. The third kappa shape index (κ3) is 8.33. The van der Waals surface area contributed by atoms with Gasteiger partial charge in [-0.15, -0.1) is 0 Å². The fraction of sp³-hybridized carbons (Fsp3) is 0.889. The van der Waals surface area contributed by atoms with Crippen molar-refractivity contribution in [3.8, 4) is 0 Å². The van der Waals surface area contributed by atoms with E-state index in [1.165, 1.54) is 12.8 Å². The van der Waals surface area contributed by atoms with Crippen molar-refractivity contribution in [2.24, 2.45) is 4.99 Å². The molecule has 0 radical (unpaired) electrons. The van der Waals surface area contributed by atoms with Gasteiger partial charge in [-0.2, -0.15) is 11.2 Å². The molecular weight excluding hydrogens is 182 g/mol. The van der Waals surface area contributed by atoms with Crippen molar-refractivity contribution in [2.45, 2.75) is 44.7 Å². The summed E-state index contributed by atoms with van der Waals surface area (Å²) in [4.78, 5) is 3.86. The van der Waals surface area contributed by atoms with Gasteiger partial charge in [0.15, 0.2) is 0 Å². The molecule has 0 aromatic carbocycles. The summed E-state index contributed by atoms with van der Waals surface area (Å²) in [5.74, 6) is 0. The van der Waals surface area contributed by atoms with Crippen LogP contribution < -0.4 is 0 Å². The van der Waals surface area contributed by atoms with Crippen molar-refractivity contribution >= 4 is 25.2 Å². The molecule has 0 bridgehead atoms. The van der Waals surface area contributed by atoms with E-state index in [0.29, 0.717) is 0 Å². The average Bonchev–Trinajstić information content (AvgIpc) is 1.84. The molecule has 12 heavy (non-hydrogen) atoms. The molecule has 1 nitrogen and oxygen atoms in total. The maximum absolute atomic E-state index is 3.86. The van der Waals surface area contributed by atoms with Crippen molar-refractivity contribution in [3.63, 3.8) is 0 Å². The third-order valence-electron chi connectivity index (χ3n) is 1.48. The minimum absolute atomic E-state index is 0.804. The molecule has 0 rings (SSSR count). The summed E-state index contributed by atoms with van der Waals surface area (Å²) in [6.07, 6.45) is 2.48. The van der Waals surface area contributed by atoms with Crippen LogP contribution in [0.5, 0.6) is 0 Å². The van der Waals surface area contributed by atoms with Crippen LogP contribution in [0.4, 0.5) is 0 Å². The van der Waals surface area contributed by atoms with Gasteiger partial charge in [0.1, 0.15) is 7.22 Å². The van der Waals surface area contributed by atoms with Gasteiger partial charge in [0.05, 0.1) is 0 Å². The second-order valence-corrected chi connectivity index (χ2v) is 13.8. The van der Waals surface area contributed by atoms with E-state index in [-0.39, 0.29) is 0 Å². The summed E-state index contributed by atoms with van der Waals surface area (Å²) in [5, 5.41) is 0.804. The van der Waals surface area contributed by atoms with Gasteiger partial charge in [0, 0.05) is 6.54 Å². The molecular formula is C9H21NSSi. The zero-order chi connectivity index (χ0) is 9.61. The molecule has 1 unspecified atom stereocenters. The van der Waals surface area contributed by atoms with E-state index < -0.39 is 7.22 Å². The highest BCUT2D eigenvalue weighted by atomic mass is 32.4. The maximum Gasteiger partial charge on any atom is 0.108 e. The number of hydrogen-bond acceptors (Lipinski definition) is 2. The second kappa shape index (κ2) is 5.81. The molecule has 0 aliphatic rings. The smallest absolute Gasteiger partial charge is 0.108 e. The summed E-state index contributed by atoms with van der Waals surface area (Å²) in [7, 11) is -0.910. The highest BCUT2D eigenvalue weighted by Gasteiger charge is 2.17. The molecule has 0 heterocycles. The van der Waals surface area contributed by atoms with Crippen LogP contribution >= 0.6 is 11.2 Å². The fourth-order valence-corrected chi connectivity index (χ4v) is 6.62. The molecule has 0 aliphatic heterocycles. The van der Waals surface area contributed by atoms with E-state index in [4.69, 9.17) is 0 Å². The van der Waals surface area contributed by atoms with Gasteiger partial charge in [0.25, 0.3) is 0 Å². The van der Waals surface area contributed by atoms with Crippen LogP contribution in [0.2, 0.25) is 19.6 Å². The lowest BCUT2D eigenvalue weighted by Crippen LogP contribution is -2.18. The Morgan fingerprint density at radius 2 is 2.00 bits per heavy atom. The Morgan fingerprint density at radius 1 is 1.42 bits per heavy atom. The summed E-state index contributed by atoms with van der Waals surface area (Å²) in [5.41, 5.74) is 0. The van der Waals surface area contributed by atoms with Crippen LogP contribution in [0.1, 0.15) is 19.8 Å². The Kier molecular flexibility index (Phi) is 5.92. The molecule has 0 saturated carbocycles. The Hall–Kier alpha value is 0.237. The van der Waals surface area contributed by atoms with Crippen LogP contribution in [-0.4, -0.2) is 25.7 Å². The summed E-state index contributed by atoms with van der Waals surface area (Å²) in [6, 6.07) is 0. The van der Waals surface area contributed by atoms with Crippen LogP contribution in [0.15, 0.2) is 4.99 Å². The SMILES string of the molecule is C=NCCCC(C)S[Si](C)(C)C. The van der Waals surface area contributed by atoms with Crippen LogP contribution in [0.3, 0.4) is 0 Å². The zero-order valence-corrected chi connectivity index (χ0v) is 10.6. The first-order chi connectivity index (χ1) is 5.45. The van der Waals surface area contributed by atoms with E-state index in [1.807, 2.05) is 0 Å². The number of nitrogens with zero attached hydrogens (tertiary/aromatic N) is 1. The summed E-state index contributed by atoms with van der Waals surface area (Å²) in [6.45, 7) is 13.9. The summed E-state index contributed by atoms with van der Waals surface area (Å²) < 4.78 is 0. The van der Waals surface area contributed by atoms with Crippen molar-refractivity contribution in [3.05, 3.63) is 0 Å². The van der Waals surface area contributed by atoms with E-state index >= 15 is 0 Å². The lowest BCUT2D eigenvalue weighted by molar-refractivity contribution is 0.744. The molecule has 0 spiro atoms. The molecule has 3 heteroatoms. The van der Waals surface area contributed by atoms with E-state index in [9.17, 15) is 0 Å². The molecule has 0 aromatic rings. The monoisotopic (exact) mass is 203 g/mol. The predicted octanol–water partition coefficient (Wildman–Crippen LogP) is 3.42. The van der Waals surface area contributed by atoms with Crippen molar-refractivity contribution in [1.29, 1.82) is 0 Å². The molecule has 0 aliphatic carbocycles. The molecule has 0 fully saturated rings. The number of aliphatic imine (C=N–C) groups is 1. The van der Waals surface area contributed by atoms with Crippen LogP contribution in [0, 0.1) is 0 Å². The quantitative estimate of drug-likeness (QED) is 0.366. The number of hydrogen-bond donors (Lipinski definition) is 0. The van der Waals surface area contributed by atoms with Crippen molar-refractivity contribution in [1.82, 2.24) is 0 Å². The Labute approximate surface area is 81.7 Å². The van der Waals surface area contributed by atoms with Crippen molar-refractivity contribution in [2.75, 3.05) is 6.54 Å². The normalized spacial score (nSPS) is 14.3. The lowest BCUT2D eigenvalue weighted by atomic mass is 10.2. The van der Waals surface area contributed by atoms with Crippen LogP contribution in [-0.2, 0) is 0 Å². The minimum atomic E-state index is -0.910. The predicted molar refractivity (Wildman–Crippen MR) is 64.0 cm³/mol. The van der Waals surface area contributed by atoms with E-state index in [0.717, 1.165) is 11.8 Å². The van der Waals surface area contributed by atoms with Gasteiger partial charge in [-0.05, 0) is 24.8 Å². The molecule has 0 aromatic heterocycles. The first-order valence-corrected chi connectivity index (χ1v) is 9.66. The lowest BCUT2D eigenvalue weighted by Gasteiger charge is -2.20. The van der Waals surface area contributed by atoms with Gasteiger partial charge >= 0.3 is 0 Å². The largest absolute Gasteiger partial charge is 0.301 e. The molecule has 0 saturated heterocycles. The highest BCUT2D eigenvalue weighted by molar-refractivity contribution is 8.29. The van der Waals surface area contributed by atoms with Crippen LogP contribution in [0.25, 0.3) is 0 Å². The van der Waals surface area contributed by atoms with Gasteiger partial charge in [-0.25, -0.2) is 0 Å². The molecule has 0 N–H and O–H groups in total. The Bertz CT molecular complexity index is 131. The number of rotatable bonds is 6. The van der Waals surface area contributed by atoms with E-state index in [1.54, 1.807) is 0 Å². The highest BCUT2D eigenvalue weighted by Crippen LogP contribution is 2.26. The van der Waals surface area contributed by atoms with Gasteiger partial charge in [-0.3, -0.25) is 0 Å². The first-order valence-electron chi connectivity index (χ1n) is 4.56. The average molecular weight is 203 g/mol. The third-order valence-corrected chi connectivity index (χ3v) is 6.16. The van der Waals surface area contributed by atoms with Gasteiger partial charge in [0.2, 0.25) is 0 Å². The zero-order valence-electron chi connectivity index (χ0n) is 8.76. The maximum atomic E-state index is 3.86. The molecule has 72 valence electrons. The minimum Gasteiger partial charge on any atom is -0.301 e. The molecule has 0 amide bonds. The van der Waals surface area contributed by atoms with E-state index in [2.05, 4.69) is 49.5 Å². The fourth-order valence-electron chi connectivity index (χ4n) is 1.15. The first kappa shape index (κ1) is 12.2. The summed E-state index contributed by atoms with van der Waals surface area (Å²) >= 11 is 2.18.